The minimum atomic E-state index is 0.0125. The molecule has 1 heterocycles. The first-order valence-corrected chi connectivity index (χ1v) is 6.90. The fraction of sp³-hybridized carbons (Fsp3) is 0.615. The second-order valence-corrected chi connectivity index (χ2v) is 5.80. The molecule has 0 bridgehead atoms. The van der Waals surface area contributed by atoms with Crippen LogP contribution in [0.25, 0.3) is 0 Å². The molecule has 1 rings (SSSR count). The summed E-state index contributed by atoms with van der Waals surface area (Å²) in [4.78, 5) is 14.8. The van der Waals surface area contributed by atoms with Crippen LogP contribution < -0.4 is 5.32 Å². The van der Waals surface area contributed by atoms with Gasteiger partial charge < -0.3 is 10.2 Å². The van der Waals surface area contributed by atoms with Crippen molar-refractivity contribution in [3.8, 4) is 0 Å². The van der Waals surface area contributed by atoms with Crippen molar-refractivity contribution in [1.82, 2.24) is 10.2 Å². The van der Waals surface area contributed by atoms with Crippen LogP contribution in [-0.2, 0) is 6.54 Å². The zero-order chi connectivity index (χ0) is 12.8. The Bertz CT molecular complexity index is 360. The number of hydrogen-bond acceptors (Lipinski definition) is 2. The monoisotopic (exact) mass is 254 g/mol. The number of urea groups is 1. The SMILES string of the molecule is Cc1ccsc1CN(C)C(=O)NCCC(C)C. The number of carbonyl (C=O) groups is 1. The zero-order valence-corrected chi connectivity index (χ0v) is 11.9. The Morgan fingerprint density at radius 2 is 2.24 bits per heavy atom. The normalized spacial score (nSPS) is 10.6. The third-order valence-electron chi connectivity index (χ3n) is 2.69. The molecule has 17 heavy (non-hydrogen) atoms. The number of carbonyl (C=O) groups excluding carboxylic acids is 1. The number of hydrogen-bond donors (Lipinski definition) is 1. The van der Waals surface area contributed by atoms with E-state index in [0.29, 0.717) is 12.5 Å². The zero-order valence-electron chi connectivity index (χ0n) is 11.1. The van der Waals surface area contributed by atoms with Gasteiger partial charge in [-0.15, -0.1) is 11.3 Å². The lowest BCUT2D eigenvalue weighted by atomic mass is 10.1. The minimum Gasteiger partial charge on any atom is -0.338 e. The highest BCUT2D eigenvalue weighted by molar-refractivity contribution is 7.10. The maximum atomic E-state index is 11.8. The van der Waals surface area contributed by atoms with E-state index in [4.69, 9.17) is 0 Å². The van der Waals surface area contributed by atoms with Crippen LogP contribution in [0.2, 0.25) is 0 Å². The lowest BCUT2D eigenvalue weighted by Gasteiger charge is -2.18. The lowest BCUT2D eigenvalue weighted by molar-refractivity contribution is 0.206. The summed E-state index contributed by atoms with van der Waals surface area (Å²) in [5.41, 5.74) is 1.26. The van der Waals surface area contributed by atoms with Crippen LogP contribution in [0.15, 0.2) is 11.4 Å². The van der Waals surface area contributed by atoms with Crippen molar-refractivity contribution in [2.45, 2.75) is 33.7 Å². The summed E-state index contributed by atoms with van der Waals surface area (Å²) in [5, 5.41) is 5.00. The highest BCUT2D eigenvalue weighted by Crippen LogP contribution is 2.17. The first kappa shape index (κ1) is 14.0. The van der Waals surface area contributed by atoms with Crippen LogP contribution >= 0.6 is 11.3 Å². The standard InChI is InChI=1S/C13H22N2OS/c1-10(2)5-7-14-13(16)15(4)9-12-11(3)6-8-17-12/h6,8,10H,5,7,9H2,1-4H3,(H,14,16). The molecular weight excluding hydrogens is 232 g/mol. The van der Waals surface area contributed by atoms with Crippen LogP contribution in [0.3, 0.4) is 0 Å². The van der Waals surface area contributed by atoms with E-state index in [0.717, 1.165) is 13.0 Å². The summed E-state index contributed by atoms with van der Waals surface area (Å²) < 4.78 is 0. The Hall–Kier alpha value is -1.03. The third-order valence-corrected chi connectivity index (χ3v) is 3.70. The average Bonchev–Trinajstić information content (AvgIpc) is 2.63. The van der Waals surface area contributed by atoms with E-state index in [9.17, 15) is 4.79 Å². The third kappa shape index (κ3) is 4.77. The molecule has 0 unspecified atom stereocenters. The molecule has 0 aromatic carbocycles. The minimum absolute atomic E-state index is 0.0125. The summed E-state index contributed by atoms with van der Waals surface area (Å²) in [6.07, 6.45) is 1.03. The van der Waals surface area contributed by atoms with Gasteiger partial charge in [-0.1, -0.05) is 13.8 Å². The number of rotatable bonds is 5. The van der Waals surface area contributed by atoms with E-state index in [-0.39, 0.29) is 6.03 Å². The first-order valence-electron chi connectivity index (χ1n) is 6.02. The van der Waals surface area contributed by atoms with Crippen molar-refractivity contribution < 1.29 is 4.79 Å². The quantitative estimate of drug-likeness (QED) is 0.859. The van der Waals surface area contributed by atoms with Crippen LogP contribution in [-0.4, -0.2) is 24.5 Å². The van der Waals surface area contributed by atoms with Gasteiger partial charge in [-0.25, -0.2) is 4.79 Å². The van der Waals surface area contributed by atoms with E-state index in [1.807, 2.05) is 7.05 Å². The largest absolute Gasteiger partial charge is 0.338 e. The molecule has 0 fully saturated rings. The highest BCUT2D eigenvalue weighted by atomic mass is 32.1. The molecule has 1 aromatic rings. The van der Waals surface area contributed by atoms with Crippen molar-refractivity contribution in [2.24, 2.45) is 5.92 Å². The molecule has 96 valence electrons. The van der Waals surface area contributed by atoms with Gasteiger partial charge in [0.2, 0.25) is 0 Å². The Balaban J connectivity index is 2.35. The van der Waals surface area contributed by atoms with Crippen molar-refractivity contribution >= 4 is 17.4 Å². The van der Waals surface area contributed by atoms with Crippen molar-refractivity contribution in [3.05, 3.63) is 21.9 Å². The second kappa shape index (κ2) is 6.64. The molecule has 4 heteroatoms. The molecule has 0 aliphatic heterocycles. The summed E-state index contributed by atoms with van der Waals surface area (Å²) in [6, 6.07) is 2.10. The lowest BCUT2D eigenvalue weighted by Crippen LogP contribution is -2.37. The van der Waals surface area contributed by atoms with Crippen molar-refractivity contribution in [2.75, 3.05) is 13.6 Å². The van der Waals surface area contributed by atoms with Gasteiger partial charge in [0.05, 0.1) is 6.54 Å². The van der Waals surface area contributed by atoms with Gasteiger partial charge >= 0.3 is 6.03 Å². The Morgan fingerprint density at radius 3 is 2.76 bits per heavy atom. The van der Waals surface area contributed by atoms with E-state index in [2.05, 4.69) is 37.5 Å². The Kier molecular flexibility index (Phi) is 5.48. The van der Waals surface area contributed by atoms with Gasteiger partial charge in [0.25, 0.3) is 0 Å². The molecule has 0 radical (unpaired) electrons. The average molecular weight is 254 g/mol. The van der Waals surface area contributed by atoms with Gasteiger partial charge in [0.1, 0.15) is 0 Å². The van der Waals surface area contributed by atoms with E-state index >= 15 is 0 Å². The topological polar surface area (TPSA) is 32.3 Å². The molecule has 1 aromatic heterocycles. The van der Waals surface area contributed by atoms with Crippen molar-refractivity contribution in [1.29, 1.82) is 0 Å². The predicted octanol–water partition coefficient (Wildman–Crippen LogP) is 3.24. The number of aryl methyl sites for hydroxylation is 1. The Morgan fingerprint density at radius 1 is 1.53 bits per heavy atom. The number of nitrogens with zero attached hydrogens (tertiary/aromatic N) is 1. The van der Waals surface area contributed by atoms with Crippen LogP contribution in [0.4, 0.5) is 4.79 Å². The molecule has 0 saturated heterocycles. The number of amides is 2. The molecular formula is C13H22N2OS. The number of nitrogens with one attached hydrogen (secondary N) is 1. The molecule has 0 aliphatic rings. The molecule has 0 spiro atoms. The summed E-state index contributed by atoms with van der Waals surface area (Å²) >= 11 is 1.70. The maximum absolute atomic E-state index is 11.8. The van der Waals surface area contributed by atoms with E-state index in [1.54, 1.807) is 16.2 Å². The highest BCUT2D eigenvalue weighted by Gasteiger charge is 2.10. The van der Waals surface area contributed by atoms with Crippen molar-refractivity contribution in [3.63, 3.8) is 0 Å². The summed E-state index contributed by atoms with van der Waals surface area (Å²) in [7, 11) is 1.84. The molecule has 1 N–H and O–H groups in total. The predicted molar refractivity (Wildman–Crippen MR) is 73.4 cm³/mol. The van der Waals surface area contributed by atoms with E-state index < -0.39 is 0 Å². The van der Waals surface area contributed by atoms with E-state index in [1.165, 1.54) is 10.4 Å². The smallest absolute Gasteiger partial charge is 0.317 e. The number of thiophene rings is 1. The molecule has 3 nitrogen and oxygen atoms in total. The first-order chi connectivity index (χ1) is 8.00. The summed E-state index contributed by atoms with van der Waals surface area (Å²) in [5.74, 6) is 0.625. The van der Waals surface area contributed by atoms with Crippen LogP contribution in [0.1, 0.15) is 30.7 Å². The molecule has 0 saturated carbocycles. The van der Waals surface area contributed by atoms with Gasteiger partial charge in [0, 0.05) is 18.5 Å². The summed E-state index contributed by atoms with van der Waals surface area (Å²) in [6.45, 7) is 7.84. The second-order valence-electron chi connectivity index (χ2n) is 4.80. The van der Waals surface area contributed by atoms with Gasteiger partial charge in [0.15, 0.2) is 0 Å². The fourth-order valence-electron chi connectivity index (χ4n) is 1.46. The van der Waals surface area contributed by atoms with Gasteiger partial charge in [-0.05, 0) is 36.3 Å². The Labute approximate surface area is 108 Å². The molecule has 0 aliphatic carbocycles. The van der Waals surface area contributed by atoms with Gasteiger partial charge in [-0.2, -0.15) is 0 Å². The fourth-order valence-corrected chi connectivity index (χ4v) is 2.41. The molecule has 2 amide bonds. The molecule has 0 atom stereocenters. The van der Waals surface area contributed by atoms with Gasteiger partial charge in [-0.3, -0.25) is 0 Å². The maximum Gasteiger partial charge on any atom is 0.317 e. The van der Waals surface area contributed by atoms with Crippen LogP contribution in [0.5, 0.6) is 0 Å². The van der Waals surface area contributed by atoms with Crippen LogP contribution in [0, 0.1) is 12.8 Å².